The molecule has 0 saturated carbocycles. The molecular formula is C19H18ClN3S. The van der Waals surface area contributed by atoms with E-state index in [4.69, 9.17) is 16.6 Å². The number of anilines is 1. The normalized spacial score (nSPS) is 11.1. The molecule has 3 aromatic rings. The minimum Gasteiger partial charge on any atom is -0.239 e. The van der Waals surface area contributed by atoms with E-state index in [9.17, 15) is 0 Å². The van der Waals surface area contributed by atoms with Crippen molar-refractivity contribution in [1.29, 1.82) is 0 Å². The van der Waals surface area contributed by atoms with Gasteiger partial charge in [-0.1, -0.05) is 54.1 Å². The van der Waals surface area contributed by atoms with Crippen molar-refractivity contribution < 1.29 is 0 Å². The van der Waals surface area contributed by atoms with Crippen LogP contribution in [-0.4, -0.2) is 17.7 Å². The number of rotatable bonds is 5. The van der Waals surface area contributed by atoms with Crippen LogP contribution in [0, 0.1) is 6.92 Å². The highest BCUT2D eigenvalue weighted by Gasteiger charge is 2.11. The average molecular weight is 356 g/mol. The maximum atomic E-state index is 6.26. The summed E-state index contributed by atoms with van der Waals surface area (Å²) in [6, 6.07) is 15.9. The molecule has 5 heteroatoms. The third-order valence-electron chi connectivity index (χ3n) is 3.69. The maximum absolute atomic E-state index is 6.26. The molecule has 1 aromatic heterocycles. The number of thiazole rings is 1. The largest absolute Gasteiger partial charge is 0.239 e. The molecule has 3 rings (SSSR count). The molecular weight excluding hydrogens is 338 g/mol. The fourth-order valence-corrected chi connectivity index (χ4v) is 3.38. The fraction of sp³-hybridized carbons (Fsp3) is 0.158. The van der Waals surface area contributed by atoms with Gasteiger partial charge >= 0.3 is 0 Å². The fourth-order valence-electron chi connectivity index (χ4n) is 2.31. The predicted octanol–water partition coefficient (Wildman–Crippen LogP) is 5.63. The van der Waals surface area contributed by atoms with E-state index in [0.29, 0.717) is 5.02 Å². The number of aryl methyl sites for hydroxylation is 1. The first-order valence-corrected chi connectivity index (χ1v) is 9.02. The molecule has 0 saturated heterocycles. The van der Waals surface area contributed by atoms with Crippen molar-refractivity contribution in [2.45, 2.75) is 13.8 Å². The molecule has 24 heavy (non-hydrogen) atoms. The molecule has 0 N–H and O–H groups in total. The minimum absolute atomic E-state index is 0.709. The van der Waals surface area contributed by atoms with Gasteiger partial charge < -0.3 is 0 Å². The Labute approximate surface area is 151 Å². The van der Waals surface area contributed by atoms with E-state index in [1.165, 1.54) is 5.56 Å². The second-order valence-electron chi connectivity index (χ2n) is 5.31. The molecule has 0 aliphatic heterocycles. The number of hydrogen-bond donors (Lipinski definition) is 0. The summed E-state index contributed by atoms with van der Waals surface area (Å²) in [4.78, 5) is 4.69. The lowest BCUT2D eigenvalue weighted by atomic mass is 10.1. The SMILES string of the molecule is CCN(/N=C/c1ccccc1C)c1nc(-c2ccccc2Cl)cs1. The zero-order valence-corrected chi connectivity index (χ0v) is 15.2. The van der Waals surface area contributed by atoms with Gasteiger partial charge in [0.25, 0.3) is 0 Å². The summed E-state index contributed by atoms with van der Waals surface area (Å²) in [6.07, 6.45) is 1.88. The van der Waals surface area contributed by atoms with Gasteiger partial charge in [0.2, 0.25) is 5.13 Å². The number of hydrazone groups is 1. The first-order chi connectivity index (χ1) is 11.7. The summed E-state index contributed by atoms with van der Waals surface area (Å²) in [7, 11) is 0. The smallest absolute Gasteiger partial charge is 0.206 e. The molecule has 1 heterocycles. The molecule has 0 bridgehead atoms. The summed E-state index contributed by atoms with van der Waals surface area (Å²) in [5, 5.41) is 10.1. The van der Waals surface area contributed by atoms with Crippen molar-refractivity contribution in [3.8, 4) is 11.3 Å². The molecule has 0 fully saturated rings. The lowest BCUT2D eigenvalue weighted by Gasteiger charge is -2.12. The molecule has 0 amide bonds. The van der Waals surface area contributed by atoms with Crippen molar-refractivity contribution in [1.82, 2.24) is 4.98 Å². The van der Waals surface area contributed by atoms with E-state index in [1.54, 1.807) is 11.3 Å². The zero-order valence-electron chi connectivity index (χ0n) is 13.6. The number of hydrogen-bond acceptors (Lipinski definition) is 4. The van der Waals surface area contributed by atoms with Crippen LogP contribution in [-0.2, 0) is 0 Å². The van der Waals surface area contributed by atoms with Gasteiger partial charge in [0.05, 0.1) is 11.9 Å². The average Bonchev–Trinajstić information content (AvgIpc) is 3.07. The van der Waals surface area contributed by atoms with E-state index in [2.05, 4.69) is 31.1 Å². The first kappa shape index (κ1) is 16.7. The Hall–Kier alpha value is -2.17. The third-order valence-corrected chi connectivity index (χ3v) is 4.87. The van der Waals surface area contributed by atoms with Crippen LogP contribution in [0.15, 0.2) is 59.0 Å². The van der Waals surface area contributed by atoms with Gasteiger partial charge in [0.15, 0.2) is 0 Å². The monoisotopic (exact) mass is 355 g/mol. The Bertz CT molecular complexity index is 857. The van der Waals surface area contributed by atoms with Crippen molar-refractivity contribution in [3.63, 3.8) is 0 Å². The topological polar surface area (TPSA) is 28.5 Å². The quantitative estimate of drug-likeness (QED) is 0.438. The highest BCUT2D eigenvalue weighted by molar-refractivity contribution is 7.14. The number of nitrogens with zero attached hydrogens (tertiary/aromatic N) is 3. The number of benzene rings is 2. The Morgan fingerprint density at radius 2 is 1.92 bits per heavy atom. The van der Waals surface area contributed by atoms with Crippen molar-refractivity contribution >= 4 is 34.3 Å². The molecule has 0 spiro atoms. The van der Waals surface area contributed by atoms with Gasteiger partial charge in [-0.3, -0.25) is 0 Å². The summed E-state index contributed by atoms with van der Waals surface area (Å²) in [5.41, 5.74) is 4.14. The first-order valence-electron chi connectivity index (χ1n) is 7.76. The standard InChI is InChI=1S/C19H18ClN3S/c1-3-23(21-12-15-9-5-4-8-14(15)2)19-22-18(13-24-19)16-10-6-7-11-17(16)20/h4-13H,3H2,1-2H3/b21-12+. The van der Waals surface area contributed by atoms with Gasteiger partial charge in [-0.05, 0) is 31.0 Å². The molecule has 0 aliphatic rings. The van der Waals surface area contributed by atoms with Crippen LogP contribution in [0.5, 0.6) is 0 Å². The molecule has 122 valence electrons. The molecule has 0 radical (unpaired) electrons. The van der Waals surface area contributed by atoms with Crippen molar-refractivity contribution in [3.05, 3.63) is 70.1 Å². The van der Waals surface area contributed by atoms with Crippen LogP contribution in [0.1, 0.15) is 18.1 Å². The lowest BCUT2D eigenvalue weighted by molar-refractivity contribution is 0.890. The molecule has 3 nitrogen and oxygen atoms in total. The maximum Gasteiger partial charge on any atom is 0.206 e. The summed E-state index contributed by atoms with van der Waals surface area (Å²) < 4.78 is 0. The van der Waals surface area contributed by atoms with Crippen LogP contribution in [0.3, 0.4) is 0 Å². The Kier molecular flexibility index (Phi) is 5.28. The molecule has 0 atom stereocenters. The van der Waals surface area contributed by atoms with Gasteiger partial charge in [0.1, 0.15) is 0 Å². The highest BCUT2D eigenvalue weighted by atomic mass is 35.5. The molecule has 0 unspecified atom stereocenters. The molecule has 0 aliphatic carbocycles. The summed E-state index contributed by atoms with van der Waals surface area (Å²) >= 11 is 7.83. The van der Waals surface area contributed by atoms with Crippen LogP contribution >= 0.6 is 22.9 Å². The van der Waals surface area contributed by atoms with Gasteiger partial charge in [-0.25, -0.2) is 9.99 Å². The van der Waals surface area contributed by atoms with Gasteiger partial charge in [0, 0.05) is 22.5 Å². The Morgan fingerprint density at radius 1 is 1.17 bits per heavy atom. The van der Waals surface area contributed by atoms with Gasteiger partial charge in [-0.2, -0.15) is 5.10 Å². The number of halogens is 1. The van der Waals surface area contributed by atoms with Crippen LogP contribution in [0.4, 0.5) is 5.13 Å². The highest BCUT2D eigenvalue weighted by Crippen LogP contribution is 2.31. The Morgan fingerprint density at radius 3 is 2.67 bits per heavy atom. The van der Waals surface area contributed by atoms with E-state index >= 15 is 0 Å². The van der Waals surface area contributed by atoms with Crippen LogP contribution in [0.2, 0.25) is 5.02 Å². The van der Waals surface area contributed by atoms with E-state index in [1.807, 2.05) is 53.0 Å². The zero-order chi connectivity index (χ0) is 16.9. The van der Waals surface area contributed by atoms with E-state index < -0.39 is 0 Å². The van der Waals surface area contributed by atoms with Crippen LogP contribution < -0.4 is 5.01 Å². The minimum atomic E-state index is 0.709. The summed E-state index contributed by atoms with van der Waals surface area (Å²) in [6.45, 7) is 4.89. The summed E-state index contributed by atoms with van der Waals surface area (Å²) in [5.74, 6) is 0. The van der Waals surface area contributed by atoms with Crippen LogP contribution in [0.25, 0.3) is 11.3 Å². The van der Waals surface area contributed by atoms with E-state index in [0.717, 1.165) is 28.5 Å². The second kappa shape index (κ2) is 7.60. The molecule has 2 aromatic carbocycles. The second-order valence-corrected chi connectivity index (χ2v) is 6.56. The van der Waals surface area contributed by atoms with Crippen molar-refractivity contribution in [2.75, 3.05) is 11.6 Å². The van der Waals surface area contributed by atoms with Crippen molar-refractivity contribution in [2.24, 2.45) is 5.10 Å². The number of aromatic nitrogens is 1. The lowest BCUT2D eigenvalue weighted by Crippen LogP contribution is -2.15. The van der Waals surface area contributed by atoms with E-state index in [-0.39, 0.29) is 0 Å². The van der Waals surface area contributed by atoms with Gasteiger partial charge in [-0.15, -0.1) is 11.3 Å². The Balaban J connectivity index is 1.85. The third kappa shape index (κ3) is 3.66. The predicted molar refractivity (Wildman–Crippen MR) is 104 cm³/mol.